The molecule has 380 valence electrons. The molecule has 2 aliphatic carbocycles. The van der Waals surface area contributed by atoms with Crippen LogP contribution in [0.2, 0.25) is 0 Å². The summed E-state index contributed by atoms with van der Waals surface area (Å²) < 4.78 is 2.53. The molecular weight excluding hydrogens is 977 g/mol. The quantitative estimate of drug-likeness (QED) is 0.124. The molecule has 0 N–H and O–H groups in total. The number of allylic oxidation sites excluding steroid dienone is 4. The summed E-state index contributed by atoms with van der Waals surface area (Å²) >= 11 is 0. The van der Waals surface area contributed by atoms with Gasteiger partial charge in [-0.05, 0) is 119 Å². The average molecular weight is 1030 g/mol. The lowest BCUT2D eigenvalue weighted by atomic mass is 9.65. The summed E-state index contributed by atoms with van der Waals surface area (Å²) in [5.41, 5.74) is 24.9. The van der Waals surface area contributed by atoms with Crippen molar-refractivity contribution in [2.75, 3.05) is 11.4 Å². The van der Waals surface area contributed by atoms with Crippen molar-refractivity contribution < 1.29 is 0 Å². The van der Waals surface area contributed by atoms with Crippen LogP contribution in [0.4, 0.5) is 11.4 Å². The molecule has 1 spiro atoms. The fraction of sp³-hybridized carbons (Fsp3) is 0.0380. The first kappa shape index (κ1) is 46.8. The largest absolute Gasteiger partial charge is 0.337 e. The van der Waals surface area contributed by atoms with Gasteiger partial charge >= 0.3 is 0 Å². The Balaban J connectivity index is 0.897. The summed E-state index contributed by atoms with van der Waals surface area (Å²) in [6, 6.07) is 104. The summed E-state index contributed by atoms with van der Waals surface area (Å²) in [6.07, 6.45) is 8.70. The van der Waals surface area contributed by atoms with E-state index in [2.05, 4.69) is 313 Å². The fourth-order valence-electron chi connectivity index (χ4n) is 14.7. The van der Waals surface area contributed by atoms with Gasteiger partial charge in [0.2, 0.25) is 0 Å². The molecule has 3 aliphatic rings. The zero-order valence-electron chi connectivity index (χ0n) is 44.7. The van der Waals surface area contributed by atoms with E-state index in [9.17, 15) is 0 Å². The van der Waals surface area contributed by atoms with Crippen molar-refractivity contribution in [2.24, 2.45) is 0 Å². The fourth-order valence-corrected chi connectivity index (χ4v) is 14.7. The van der Waals surface area contributed by atoms with Crippen LogP contribution in [-0.4, -0.2) is 11.1 Å². The van der Waals surface area contributed by atoms with Gasteiger partial charge in [-0.3, -0.25) is 0 Å². The lowest BCUT2D eigenvalue weighted by Crippen LogP contribution is -2.33. The van der Waals surface area contributed by atoms with E-state index in [1.165, 1.54) is 116 Å². The smallest absolute Gasteiger partial charge is 0.0754 e. The summed E-state index contributed by atoms with van der Waals surface area (Å²) in [4.78, 5) is 2.55. The van der Waals surface area contributed by atoms with Gasteiger partial charge in [-0.1, -0.05) is 280 Å². The maximum Gasteiger partial charge on any atom is 0.0754 e. The molecule has 0 saturated carbocycles. The van der Waals surface area contributed by atoms with Crippen molar-refractivity contribution in [3.8, 4) is 39.1 Å². The summed E-state index contributed by atoms with van der Waals surface area (Å²) in [5, 5.41) is 4.95. The summed E-state index contributed by atoms with van der Waals surface area (Å²) in [6.45, 7) is 5.02. The molecule has 2 heterocycles. The number of aromatic nitrogens is 1. The number of hydrogen-bond donors (Lipinski definition) is 0. The van der Waals surface area contributed by atoms with Crippen molar-refractivity contribution in [1.82, 2.24) is 4.57 Å². The molecule has 2 nitrogen and oxygen atoms in total. The first-order chi connectivity index (χ1) is 40.2. The predicted octanol–water partition coefficient (Wildman–Crippen LogP) is 19.6. The molecule has 16 rings (SSSR count). The normalized spacial score (nSPS) is 15.1. The van der Waals surface area contributed by atoms with Crippen LogP contribution in [0.1, 0.15) is 50.1 Å². The van der Waals surface area contributed by atoms with E-state index in [-0.39, 0.29) is 0 Å². The number of fused-ring (bicyclic) bond motifs is 16. The number of rotatable bonds is 10. The molecule has 1 unspecified atom stereocenters. The topological polar surface area (TPSA) is 8.17 Å². The highest BCUT2D eigenvalue weighted by molar-refractivity contribution is 6.13. The van der Waals surface area contributed by atoms with Gasteiger partial charge in [-0.25, -0.2) is 0 Å². The van der Waals surface area contributed by atoms with E-state index in [0.717, 1.165) is 22.5 Å². The van der Waals surface area contributed by atoms with Crippen LogP contribution >= 0.6 is 0 Å². The number of benzene rings is 12. The maximum absolute atomic E-state index is 4.40. The Morgan fingerprint density at radius 3 is 1.74 bits per heavy atom. The van der Waals surface area contributed by atoms with Crippen molar-refractivity contribution in [2.45, 2.75) is 10.8 Å². The van der Waals surface area contributed by atoms with Gasteiger partial charge in [0.15, 0.2) is 0 Å². The molecule has 0 fully saturated rings. The third kappa shape index (κ3) is 6.68. The highest BCUT2D eigenvalue weighted by atomic mass is 15.1. The highest BCUT2D eigenvalue weighted by Gasteiger charge is 2.51. The Kier molecular flexibility index (Phi) is 10.6. The van der Waals surface area contributed by atoms with E-state index in [4.69, 9.17) is 0 Å². The second-order valence-electron chi connectivity index (χ2n) is 21.8. The minimum Gasteiger partial charge on any atom is -0.337 e. The van der Waals surface area contributed by atoms with E-state index in [1.54, 1.807) is 0 Å². The number of hydrogen-bond acceptors (Lipinski definition) is 1. The second kappa shape index (κ2) is 18.4. The standard InChI is InChI=1S/C79H54N2/c1-53(54-27-7-2-8-28-54)26-6-5-23-51-80(75-46-25-42-69-76(75)65-37-16-19-40-67(65)78(69,56-29-9-3-10-30-56)57-31-11-4-12-32-57)72-50-49-58(59-33-13-14-35-62(59)72)55-47-48-61-60-34-15-18-39-66(60)79(71(61)52-55)68-41-20-22-45-74(68)81-73-44-21-17-36-63(73)64-38-24-43-70(79)77(64)81/h2-50,52H,1,51H2/b23-5-,26-6-. The average Bonchev–Trinajstić information content (AvgIpc) is 2.64. The highest BCUT2D eigenvalue weighted by Crippen LogP contribution is 2.63. The Morgan fingerprint density at radius 1 is 0.395 bits per heavy atom. The first-order valence-corrected chi connectivity index (χ1v) is 28.2. The van der Waals surface area contributed by atoms with Crippen LogP contribution in [0.25, 0.3) is 77.2 Å². The SMILES string of the molecule is C=C(/C=C\C=C/CN(c1cccc2c1-c1ccccc1C2(c1ccccc1)c1ccccc1)c1ccc(-c2ccc3c(c2)C2(c4ccccc4-3)c3ccccc3-n3c4ccccc4c4cccc2c43)c2ccccc12)c1ccccc1. The van der Waals surface area contributed by atoms with E-state index in [1.807, 2.05) is 6.07 Å². The molecule has 1 aliphatic heterocycles. The van der Waals surface area contributed by atoms with Gasteiger partial charge in [0, 0.05) is 39.6 Å². The molecule has 2 heteroatoms. The van der Waals surface area contributed by atoms with Crippen molar-refractivity contribution in [1.29, 1.82) is 0 Å². The number of nitrogens with zero attached hydrogens (tertiary/aromatic N) is 2. The Bertz CT molecular complexity index is 4710. The van der Waals surface area contributed by atoms with E-state index in [0.29, 0.717) is 6.54 Å². The minimum absolute atomic E-state index is 0.538. The molecule has 0 saturated heterocycles. The van der Waals surface area contributed by atoms with Crippen molar-refractivity contribution >= 4 is 49.5 Å². The van der Waals surface area contributed by atoms with E-state index >= 15 is 0 Å². The lowest BCUT2D eigenvalue weighted by Gasteiger charge is -2.39. The van der Waals surface area contributed by atoms with Crippen molar-refractivity contribution in [3.63, 3.8) is 0 Å². The molecule has 0 amide bonds. The van der Waals surface area contributed by atoms with Gasteiger partial charge in [-0.2, -0.15) is 0 Å². The Hall–Kier alpha value is -10.3. The van der Waals surface area contributed by atoms with Gasteiger partial charge in [-0.15, -0.1) is 0 Å². The molecule has 1 atom stereocenters. The predicted molar refractivity (Wildman–Crippen MR) is 339 cm³/mol. The number of para-hydroxylation sites is 3. The molecule has 0 radical (unpaired) electrons. The van der Waals surface area contributed by atoms with Crippen LogP contribution in [0, 0.1) is 0 Å². The minimum atomic E-state index is -0.554. The van der Waals surface area contributed by atoms with Gasteiger partial charge in [0.25, 0.3) is 0 Å². The maximum atomic E-state index is 4.40. The summed E-state index contributed by atoms with van der Waals surface area (Å²) in [5.74, 6) is 0. The molecule has 12 aromatic carbocycles. The zero-order valence-corrected chi connectivity index (χ0v) is 44.7. The molecular formula is C79H54N2. The Morgan fingerprint density at radius 2 is 0.963 bits per heavy atom. The molecule has 81 heavy (non-hydrogen) atoms. The Labute approximate surface area is 472 Å². The second-order valence-corrected chi connectivity index (χ2v) is 21.8. The molecule has 0 bridgehead atoms. The van der Waals surface area contributed by atoms with Gasteiger partial charge in [0.1, 0.15) is 0 Å². The monoisotopic (exact) mass is 1030 g/mol. The third-order valence-corrected chi connectivity index (χ3v) is 17.9. The van der Waals surface area contributed by atoms with Gasteiger partial charge in [0.05, 0.1) is 27.6 Å². The van der Waals surface area contributed by atoms with E-state index < -0.39 is 10.8 Å². The van der Waals surface area contributed by atoms with Crippen LogP contribution in [-0.2, 0) is 10.8 Å². The third-order valence-electron chi connectivity index (χ3n) is 17.9. The molecule has 13 aromatic rings. The lowest BCUT2D eigenvalue weighted by molar-refractivity contribution is 0.749. The zero-order chi connectivity index (χ0) is 53.7. The van der Waals surface area contributed by atoms with Crippen LogP contribution in [0.5, 0.6) is 0 Å². The number of anilines is 2. The van der Waals surface area contributed by atoms with Crippen LogP contribution in [0.3, 0.4) is 0 Å². The van der Waals surface area contributed by atoms with Crippen molar-refractivity contribution in [3.05, 3.63) is 360 Å². The van der Waals surface area contributed by atoms with Crippen LogP contribution < -0.4 is 4.90 Å². The van der Waals surface area contributed by atoms with Crippen LogP contribution in [0.15, 0.2) is 310 Å². The van der Waals surface area contributed by atoms with Gasteiger partial charge < -0.3 is 9.47 Å². The summed E-state index contributed by atoms with van der Waals surface area (Å²) in [7, 11) is 0. The molecule has 1 aromatic heterocycles. The first-order valence-electron chi connectivity index (χ1n) is 28.2.